The average molecular weight is 462 g/mol. The molecule has 4 rings (SSSR count). The van der Waals surface area contributed by atoms with Gasteiger partial charge in [0, 0.05) is 51.8 Å². The lowest BCUT2D eigenvalue weighted by Gasteiger charge is -2.15. The summed E-state index contributed by atoms with van der Waals surface area (Å²) in [6, 6.07) is 18.6. The van der Waals surface area contributed by atoms with E-state index in [4.69, 9.17) is 12.2 Å². The fraction of sp³-hybridized carbons (Fsp3) is 0.308. The third-order valence-corrected chi connectivity index (χ3v) is 6.25. The second kappa shape index (κ2) is 9.27. The van der Waals surface area contributed by atoms with E-state index >= 15 is 0 Å². The van der Waals surface area contributed by atoms with Crippen molar-refractivity contribution in [2.75, 3.05) is 24.3 Å². The molecule has 0 aliphatic carbocycles. The van der Waals surface area contributed by atoms with Gasteiger partial charge < -0.3 is 14.8 Å². The van der Waals surface area contributed by atoms with Gasteiger partial charge in [-0.1, -0.05) is 56.4 Å². The molecule has 0 aliphatic heterocycles. The van der Waals surface area contributed by atoms with Crippen LogP contribution < -0.4 is 15.9 Å². The van der Waals surface area contributed by atoms with Crippen LogP contribution in [0.3, 0.4) is 0 Å². The zero-order valence-electron chi connectivity index (χ0n) is 19.9. The Kier molecular flexibility index (Phi) is 6.42. The first-order valence-corrected chi connectivity index (χ1v) is 11.6. The Morgan fingerprint density at radius 2 is 1.70 bits per heavy atom. The summed E-state index contributed by atoms with van der Waals surface area (Å²) in [5.74, 6) is 1.22. The molecule has 0 unspecified atom stereocenters. The van der Waals surface area contributed by atoms with E-state index in [1.165, 1.54) is 5.56 Å². The molecule has 0 atom stereocenters. The van der Waals surface area contributed by atoms with E-state index < -0.39 is 0 Å². The van der Waals surface area contributed by atoms with Gasteiger partial charge in [0.15, 0.2) is 0 Å². The van der Waals surface area contributed by atoms with Gasteiger partial charge in [-0.25, -0.2) is 4.79 Å². The molecule has 2 aromatic heterocycles. The summed E-state index contributed by atoms with van der Waals surface area (Å²) in [5.41, 5.74) is 4.08. The molecule has 0 bridgehead atoms. The zero-order chi connectivity index (χ0) is 23.7. The number of nitrogens with zero attached hydrogens (tertiary/aromatic N) is 4. The number of aromatic nitrogens is 3. The fourth-order valence-corrected chi connectivity index (χ4v) is 4.33. The van der Waals surface area contributed by atoms with Crippen molar-refractivity contribution in [1.29, 1.82) is 0 Å². The first-order valence-electron chi connectivity index (χ1n) is 11.2. The minimum atomic E-state index is -0.0834. The van der Waals surface area contributed by atoms with Crippen LogP contribution in [-0.2, 0) is 20.1 Å². The Hall–Kier alpha value is -3.32. The zero-order valence-corrected chi connectivity index (χ0v) is 20.7. The maximum Gasteiger partial charge on any atom is 0.329 e. The smallest absolute Gasteiger partial charge is 0.329 e. The summed E-state index contributed by atoms with van der Waals surface area (Å²) < 4.78 is 6.12. The standard InChI is InChI=1S/C26H31N5OS/c1-18(2)15-31-22-17-30(16-19-11-13-21(14-12-19)28(3)4)24(27-20-9-7-6-8-10-20)23(22)25(33)29(5)26(31)32/h6-14,17-18,27H,15-16H2,1-5H3. The fourth-order valence-electron chi connectivity index (χ4n) is 4.05. The molecule has 0 radical (unpaired) electrons. The summed E-state index contributed by atoms with van der Waals surface area (Å²) in [4.78, 5) is 15.2. The highest BCUT2D eigenvalue weighted by Crippen LogP contribution is 2.30. The lowest BCUT2D eigenvalue weighted by atomic mass is 10.2. The number of para-hydroxylation sites is 1. The van der Waals surface area contributed by atoms with Gasteiger partial charge in [0.1, 0.15) is 10.5 Å². The molecule has 33 heavy (non-hydrogen) atoms. The largest absolute Gasteiger partial charge is 0.378 e. The Morgan fingerprint density at radius 1 is 1.03 bits per heavy atom. The molecule has 172 valence electrons. The molecule has 2 heterocycles. The van der Waals surface area contributed by atoms with Crippen LogP contribution >= 0.6 is 12.2 Å². The van der Waals surface area contributed by atoms with Crippen molar-refractivity contribution >= 4 is 40.3 Å². The molecular weight excluding hydrogens is 430 g/mol. The van der Waals surface area contributed by atoms with E-state index in [1.807, 2.05) is 49.0 Å². The number of hydrogen-bond donors (Lipinski definition) is 1. The second-order valence-electron chi connectivity index (χ2n) is 9.07. The minimum Gasteiger partial charge on any atom is -0.378 e. The van der Waals surface area contributed by atoms with Gasteiger partial charge in [0.05, 0.1) is 10.9 Å². The third-order valence-electron chi connectivity index (χ3n) is 5.78. The van der Waals surface area contributed by atoms with Crippen LogP contribution in [0.1, 0.15) is 19.4 Å². The molecule has 0 spiro atoms. The number of benzene rings is 2. The molecule has 0 fully saturated rings. The number of hydrogen-bond acceptors (Lipinski definition) is 4. The first-order chi connectivity index (χ1) is 15.8. The van der Waals surface area contributed by atoms with Crippen molar-refractivity contribution in [1.82, 2.24) is 13.7 Å². The first kappa shape index (κ1) is 22.9. The predicted molar refractivity (Wildman–Crippen MR) is 140 cm³/mol. The van der Waals surface area contributed by atoms with E-state index in [9.17, 15) is 4.79 Å². The van der Waals surface area contributed by atoms with Gasteiger partial charge in [-0.3, -0.25) is 9.13 Å². The van der Waals surface area contributed by atoms with Crippen molar-refractivity contribution in [2.45, 2.75) is 26.9 Å². The molecular formula is C26H31N5OS. The van der Waals surface area contributed by atoms with Crippen molar-refractivity contribution in [3.63, 3.8) is 0 Å². The number of nitrogens with one attached hydrogen (secondary N) is 1. The van der Waals surface area contributed by atoms with Gasteiger partial charge in [-0.2, -0.15) is 0 Å². The van der Waals surface area contributed by atoms with Crippen LogP contribution in [0.15, 0.2) is 65.6 Å². The summed E-state index contributed by atoms with van der Waals surface area (Å²) in [5, 5.41) is 4.46. The average Bonchev–Trinajstić information content (AvgIpc) is 3.13. The van der Waals surface area contributed by atoms with Gasteiger partial charge >= 0.3 is 5.69 Å². The summed E-state index contributed by atoms with van der Waals surface area (Å²) in [7, 11) is 5.83. The van der Waals surface area contributed by atoms with Crippen molar-refractivity contribution in [2.24, 2.45) is 13.0 Å². The SMILES string of the molecule is CC(C)Cn1c(=O)n(C)c(=S)c2c(Nc3ccccc3)n(Cc3ccc(N(C)C)cc3)cc21. The molecule has 7 heteroatoms. The molecule has 0 saturated heterocycles. The van der Waals surface area contributed by atoms with Crippen LogP contribution in [0.2, 0.25) is 0 Å². The molecule has 6 nitrogen and oxygen atoms in total. The Balaban J connectivity index is 1.92. The number of anilines is 3. The lowest BCUT2D eigenvalue weighted by molar-refractivity contribution is 0.504. The van der Waals surface area contributed by atoms with E-state index in [2.05, 4.69) is 59.1 Å². The van der Waals surface area contributed by atoms with Crippen LogP contribution in [0.25, 0.3) is 10.9 Å². The van der Waals surface area contributed by atoms with Crippen molar-refractivity contribution < 1.29 is 0 Å². The predicted octanol–water partition coefficient (Wildman–Crippen LogP) is 5.38. The summed E-state index contributed by atoms with van der Waals surface area (Å²) in [6.45, 7) is 5.52. The Morgan fingerprint density at radius 3 is 2.30 bits per heavy atom. The number of fused-ring (bicyclic) bond motifs is 1. The molecule has 4 aromatic rings. The van der Waals surface area contributed by atoms with Gasteiger partial charge in [0.2, 0.25) is 0 Å². The van der Waals surface area contributed by atoms with Gasteiger partial charge in [-0.15, -0.1) is 0 Å². The molecule has 2 aromatic carbocycles. The van der Waals surface area contributed by atoms with E-state index in [-0.39, 0.29) is 5.69 Å². The normalized spacial score (nSPS) is 11.3. The van der Waals surface area contributed by atoms with Crippen molar-refractivity contribution in [3.05, 3.63) is 81.5 Å². The summed E-state index contributed by atoms with van der Waals surface area (Å²) in [6.07, 6.45) is 2.06. The van der Waals surface area contributed by atoms with Crippen LogP contribution in [0.4, 0.5) is 17.2 Å². The van der Waals surface area contributed by atoms with Crippen LogP contribution in [0, 0.1) is 10.6 Å². The minimum absolute atomic E-state index is 0.0834. The van der Waals surface area contributed by atoms with E-state index in [0.29, 0.717) is 23.6 Å². The lowest BCUT2D eigenvalue weighted by Crippen LogP contribution is -2.31. The molecule has 0 saturated carbocycles. The summed E-state index contributed by atoms with van der Waals surface area (Å²) >= 11 is 5.77. The molecule has 0 amide bonds. The van der Waals surface area contributed by atoms with E-state index in [0.717, 1.165) is 28.1 Å². The second-order valence-corrected chi connectivity index (χ2v) is 9.46. The van der Waals surface area contributed by atoms with Crippen LogP contribution in [0.5, 0.6) is 0 Å². The maximum atomic E-state index is 13.1. The molecule has 0 aliphatic rings. The van der Waals surface area contributed by atoms with Crippen LogP contribution in [-0.4, -0.2) is 27.8 Å². The number of rotatable bonds is 7. The van der Waals surface area contributed by atoms with Gasteiger partial charge in [-0.05, 0) is 35.7 Å². The quantitative estimate of drug-likeness (QED) is 0.375. The maximum absolute atomic E-state index is 13.1. The highest BCUT2D eigenvalue weighted by Gasteiger charge is 2.19. The van der Waals surface area contributed by atoms with Gasteiger partial charge in [0.25, 0.3) is 0 Å². The van der Waals surface area contributed by atoms with Crippen molar-refractivity contribution in [3.8, 4) is 0 Å². The Bertz CT molecular complexity index is 1380. The topological polar surface area (TPSA) is 47.1 Å². The highest BCUT2D eigenvalue weighted by molar-refractivity contribution is 7.71. The van der Waals surface area contributed by atoms with E-state index in [1.54, 1.807) is 11.6 Å². The monoisotopic (exact) mass is 461 g/mol. The molecule has 1 N–H and O–H groups in total. The highest BCUT2D eigenvalue weighted by atomic mass is 32.1. The Labute approximate surface area is 199 Å². The third kappa shape index (κ3) is 4.59.